The van der Waals surface area contributed by atoms with Gasteiger partial charge in [-0.15, -0.1) is 0 Å². The van der Waals surface area contributed by atoms with Crippen LogP contribution in [0.25, 0.3) is 0 Å². The van der Waals surface area contributed by atoms with Crippen LogP contribution in [-0.2, 0) is 38.1 Å². The second-order valence-electron chi connectivity index (χ2n) is 19.8. The molecule has 0 bridgehead atoms. The Bertz CT molecular complexity index is 1410. The molecule has 0 spiro atoms. The van der Waals surface area contributed by atoms with E-state index in [0.717, 1.165) is 167 Å². The number of hydrogen-bond donors (Lipinski definition) is 1. The Morgan fingerprint density at radius 2 is 0.743 bits per heavy atom. The van der Waals surface area contributed by atoms with Gasteiger partial charge in [0, 0.05) is 57.2 Å². The van der Waals surface area contributed by atoms with E-state index in [1.807, 2.05) is 18.7 Å². The molecule has 0 heterocycles. The smallest absolute Gasteiger partial charge is 0.305 e. The van der Waals surface area contributed by atoms with Crippen LogP contribution in [0.15, 0.2) is 9.59 Å². The summed E-state index contributed by atoms with van der Waals surface area (Å²) in [7, 11) is 0. The fraction of sp³-hybridized carbons (Fsp3) is 0.860. The van der Waals surface area contributed by atoms with Gasteiger partial charge in [-0.25, -0.2) is 0 Å². The topological polar surface area (TPSA) is 158 Å². The lowest BCUT2D eigenvalue weighted by atomic mass is 10.0. The highest BCUT2D eigenvalue weighted by Gasteiger charge is 2.24. The second-order valence-corrected chi connectivity index (χ2v) is 19.8. The van der Waals surface area contributed by atoms with Gasteiger partial charge in [0.1, 0.15) is 11.4 Å². The van der Waals surface area contributed by atoms with Crippen LogP contribution in [0, 0.1) is 11.8 Å². The number of carbonyl (C=O) groups is 4. The fourth-order valence-corrected chi connectivity index (χ4v) is 8.83. The normalized spacial score (nSPS) is 11.5. The number of nitrogens with zero attached hydrogens (tertiary/aromatic N) is 2. The molecule has 13 nitrogen and oxygen atoms in total. The molecule has 0 unspecified atom stereocenters. The van der Waals surface area contributed by atoms with E-state index in [4.69, 9.17) is 18.9 Å². The Morgan fingerprint density at radius 1 is 0.414 bits per heavy atom. The molecule has 0 aliphatic carbocycles. The Labute approximate surface area is 425 Å². The Morgan fingerprint density at radius 3 is 1.07 bits per heavy atom. The molecule has 0 saturated carbocycles. The lowest BCUT2D eigenvalue weighted by Gasteiger charge is -2.26. The van der Waals surface area contributed by atoms with Crippen molar-refractivity contribution in [1.82, 2.24) is 4.90 Å². The van der Waals surface area contributed by atoms with Gasteiger partial charge < -0.3 is 34.1 Å². The van der Waals surface area contributed by atoms with Crippen LogP contribution in [0.2, 0.25) is 0 Å². The summed E-state index contributed by atoms with van der Waals surface area (Å²) < 4.78 is 23.0. The molecule has 0 aromatic heterocycles. The molecular weight excluding hydrogens is 887 g/mol. The van der Waals surface area contributed by atoms with Crippen LogP contribution in [0.1, 0.15) is 241 Å². The van der Waals surface area contributed by atoms with E-state index in [2.05, 4.69) is 37.9 Å². The van der Waals surface area contributed by atoms with E-state index in [-0.39, 0.29) is 62.1 Å². The zero-order valence-corrected chi connectivity index (χ0v) is 45.6. The summed E-state index contributed by atoms with van der Waals surface area (Å²) in [6.45, 7) is 17.9. The summed E-state index contributed by atoms with van der Waals surface area (Å²) in [4.78, 5) is 80.1. The van der Waals surface area contributed by atoms with E-state index in [1.54, 1.807) is 0 Å². The first-order chi connectivity index (χ1) is 34.0. The minimum atomic E-state index is -0.450. The lowest BCUT2D eigenvalue weighted by Crippen LogP contribution is -2.43. The van der Waals surface area contributed by atoms with Gasteiger partial charge in [-0.05, 0) is 91.3 Å². The average Bonchev–Trinajstić information content (AvgIpc) is 3.36. The van der Waals surface area contributed by atoms with E-state index in [0.29, 0.717) is 56.7 Å². The van der Waals surface area contributed by atoms with Crippen LogP contribution in [0.3, 0.4) is 0 Å². The monoisotopic (exact) mass is 990 g/mol. The number of hydrogen-bond acceptors (Lipinski definition) is 13. The number of unbranched alkanes of at least 4 members (excludes halogenated alkanes) is 18. The van der Waals surface area contributed by atoms with Crippen LogP contribution >= 0.6 is 0 Å². The Kier molecular flexibility index (Phi) is 40.8. The van der Waals surface area contributed by atoms with Crippen LogP contribution in [0.5, 0.6) is 0 Å². The standard InChI is InChI=1S/C57H103N3O10/c1-7-13-17-21-25-36-50(61)67-44-48(45-68-51(62)37-26-22-18-14-8-2)34-29-31-41-59(43-33-40-58-54-55(57(66)56(54)65)60(11-5)12-6)42-32-30-35-49(46-69-52(63)38-27-23-19-15-9-3)47-70-53(64)39-28-24-20-16-10-4/h48-49,58H,7-47H2,1-6H3. The Balaban J connectivity index is 2.97. The van der Waals surface area contributed by atoms with Crippen molar-refractivity contribution in [3.63, 3.8) is 0 Å². The summed E-state index contributed by atoms with van der Waals surface area (Å²) in [6, 6.07) is 0. The molecule has 70 heavy (non-hydrogen) atoms. The van der Waals surface area contributed by atoms with Crippen molar-refractivity contribution in [2.75, 3.05) is 75.9 Å². The summed E-state index contributed by atoms with van der Waals surface area (Å²) in [6.07, 6.45) is 28.6. The van der Waals surface area contributed by atoms with Crippen LogP contribution in [-0.4, -0.2) is 94.5 Å². The highest BCUT2D eigenvalue weighted by molar-refractivity contribution is 5.75. The summed E-state index contributed by atoms with van der Waals surface area (Å²) >= 11 is 0. The zero-order chi connectivity index (χ0) is 51.5. The molecule has 1 rings (SSSR count). The second kappa shape index (κ2) is 44.2. The maximum absolute atomic E-state index is 12.7. The molecule has 0 fully saturated rings. The van der Waals surface area contributed by atoms with Crippen molar-refractivity contribution >= 4 is 35.3 Å². The number of rotatable bonds is 50. The van der Waals surface area contributed by atoms with Crippen LogP contribution in [0.4, 0.5) is 11.4 Å². The minimum Gasteiger partial charge on any atom is -0.465 e. The molecule has 0 aliphatic rings. The molecule has 1 aromatic rings. The number of esters is 4. The maximum Gasteiger partial charge on any atom is 0.305 e. The molecule has 0 aliphatic heterocycles. The van der Waals surface area contributed by atoms with Crippen LogP contribution < -0.4 is 21.1 Å². The third-order valence-electron chi connectivity index (χ3n) is 13.4. The van der Waals surface area contributed by atoms with Gasteiger partial charge in [0.15, 0.2) is 0 Å². The van der Waals surface area contributed by atoms with E-state index >= 15 is 0 Å². The van der Waals surface area contributed by atoms with Crippen molar-refractivity contribution in [1.29, 1.82) is 0 Å². The number of anilines is 2. The van der Waals surface area contributed by atoms with Gasteiger partial charge in [-0.2, -0.15) is 0 Å². The highest BCUT2D eigenvalue weighted by Crippen LogP contribution is 2.21. The van der Waals surface area contributed by atoms with Gasteiger partial charge >= 0.3 is 23.9 Å². The van der Waals surface area contributed by atoms with Crippen molar-refractivity contribution in [3.05, 3.63) is 20.4 Å². The molecule has 0 amide bonds. The van der Waals surface area contributed by atoms with E-state index in [1.165, 1.54) is 25.7 Å². The molecule has 406 valence electrons. The zero-order valence-electron chi connectivity index (χ0n) is 45.6. The SMILES string of the molecule is CCCCCCCC(=O)OCC(CCCCN(CCCCC(COC(=O)CCCCCCC)COC(=O)CCCCCCC)CCCNc1c(N(CC)CC)c(=O)c1=O)COC(=O)CCCCCCC. The van der Waals surface area contributed by atoms with Crippen molar-refractivity contribution in [2.45, 2.75) is 241 Å². The van der Waals surface area contributed by atoms with Gasteiger partial charge in [-0.1, -0.05) is 143 Å². The first-order valence-electron chi connectivity index (χ1n) is 28.7. The molecule has 0 saturated heterocycles. The predicted molar refractivity (Wildman–Crippen MR) is 286 cm³/mol. The average molecular weight is 990 g/mol. The van der Waals surface area contributed by atoms with Crippen molar-refractivity contribution < 1.29 is 38.1 Å². The molecular formula is C57H103N3O10. The van der Waals surface area contributed by atoms with Gasteiger partial charge in [0.25, 0.3) is 10.9 Å². The summed E-state index contributed by atoms with van der Waals surface area (Å²) in [5, 5.41) is 3.27. The van der Waals surface area contributed by atoms with E-state index in [9.17, 15) is 28.8 Å². The van der Waals surface area contributed by atoms with Crippen molar-refractivity contribution in [2.24, 2.45) is 11.8 Å². The first-order valence-corrected chi connectivity index (χ1v) is 28.7. The predicted octanol–water partition coefficient (Wildman–Crippen LogP) is 12.4. The van der Waals surface area contributed by atoms with Gasteiger partial charge in [0.2, 0.25) is 0 Å². The third-order valence-corrected chi connectivity index (χ3v) is 13.4. The minimum absolute atomic E-state index is 0.0796. The third kappa shape index (κ3) is 32.5. The summed E-state index contributed by atoms with van der Waals surface area (Å²) in [5.41, 5.74) is 0.0318. The summed E-state index contributed by atoms with van der Waals surface area (Å²) in [5.74, 6) is -0.916. The molecule has 13 heteroatoms. The van der Waals surface area contributed by atoms with Gasteiger partial charge in [0.05, 0.1) is 26.4 Å². The molecule has 1 aromatic carbocycles. The molecule has 1 N–H and O–H groups in total. The quantitative estimate of drug-likeness (QED) is 0.0285. The van der Waals surface area contributed by atoms with Gasteiger partial charge in [-0.3, -0.25) is 28.8 Å². The lowest BCUT2D eigenvalue weighted by molar-refractivity contribution is -0.151. The largest absolute Gasteiger partial charge is 0.465 e. The Hall–Kier alpha value is -3.48. The van der Waals surface area contributed by atoms with Crippen molar-refractivity contribution in [3.8, 4) is 0 Å². The first kappa shape index (κ1) is 64.5. The fourth-order valence-electron chi connectivity index (χ4n) is 8.83. The molecule has 0 atom stereocenters. The number of ether oxygens (including phenoxy) is 4. The number of carbonyl (C=O) groups excluding carboxylic acids is 4. The molecule has 0 radical (unpaired) electrons. The number of nitrogens with one attached hydrogen (secondary N) is 1. The van der Waals surface area contributed by atoms with E-state index < -0.39 is 10.9 Å². The maximum atomic E-state index is 12.7. The highest BCUT2D eigenvalue weighted by atomic mass is 16.6.